The fourth-order valence-electron chi connectivity index (χ4n) is 1.61. The Bertz CT molecular complexity index is 553. The van der Waals surface area contributed by atoms with Gasteiger partial charge < -0.3 is 10.2 Å². The van der Waals surface area contributed by atoms with Crippen molar-refractivity contribution in [1.82, 2.24) is 0 Å². The van der Waals surface area contributed by atoms with Crippen LogP contribution in [0.5, 0.6) is 0 Å². The van der Waals surface area contributed by atoms with E-state index in [1.165, 1.54) is 12.3 Å². The number of nitrogens with two attached hydrogens (primary N) is 1. The molecule has 0 amide bonds. The summed E-state index contributed by atoms with van der Waals surface area (Å²) in [6.45, 7) is 1.56. The van der Waals surface area contributed by atoms with Gasteiger partial charge in [-0.3, -0.25) is 0 Å². The fourth-order valence-corrected chi connectivity index (χ4v) is 2.10. The first-order chi connectivity index (χ1) is 8.00. The van der Waals surface area contributed by atoms with Gasteiger partial charge in [0.1, 0.15) is 11.6 Å². The highest BCUT2D eigenvalue weighted by Crippen LogP contribution is 2.30. The van der Waals surface area contributed by atoms with E-state index in [1.54, 1.807) is 13.0 Å². The van der Waals surface area contributed by atoms with Crippen molar-refractivity contribution in [3.63, 3.8) is 0 Å². The average molecular weight is 302 g/mol. The van der Waals surface area contributed by atoms with Crippen molar-refractivity contribution < 1.29 is 13.2 Å². The molecule has 2 N–H and O–H groups in total. The Labute approximate surface area is 106 Å². The quantitative estimate of drug-likeness (QED) is 0.919. The van der Waals surface area contributed by atoms with Crippen molar-refractivity contribution >= 4 is 15.9 Å². The van der Waals surface area contributed by atoms with Gasteiger partial charge >= 0.3 is 0 Å². The molecule has 0 saturated carbocycles. The van der Waals surface area contributed by atoms with Gasteiger partial charge in [-0.1, -0.05) is 0 Å². The number of hydrogen-bond acceptors (Lipinski definition) is 2. The molecule has 0 spiro atoms. The molecule has 2 rings (SSSR count). The second-order valence-corrected chi connectivity index (χ2v) is 4.47. The highest BCUT2D eigenvalue weighted by molar-refractivity contribution is 9.10. The van der Waals surface area contributed by atoms with Gasteiger partial charge in [-0.2, -0.15) is 0 Å². The third kappa shape index (κ3) is 2.25. The maximum absolute atomic E-state index is 13.6. The fraction of sp³-hybridized carbons (Fsp3) is 0.167. The van der Waals surface area contributed by atoms with Crippen molar-refractivity contribution in [2.75, 3.05) is 0 Å². The van der Waals surface area contributed by atoms with Crippen molar-refractivity contribution in [2.24, 2.45) is 5.73 Å². The zero-order chi connectivity index (χ0) is 12.6. The van der Waals surface area contributed by atoms with Crippen LogP contribution in [0.15, 0.2) is 33.5 Å². The van der Waals surface area contributed by atoms with Crippen LogP contribution in [0.25, 0.3) is 0 Å². The van der Waals surface area contributed by atoms with E-state index in [9.17, 15) is 8.78 Å². The Morgan fingerprint density at radius 1 is 1.24 bits per heavy atom. The molecule has 0 aliphatic heterocycles. The predicted octanol–water partition coefficient (Wildman–Crippen LogP) is 3.68. The summed E-state index contributed by atoms with van der Waals surface area (Å²) >= 11 is 3.18. The molecule has 90 valence electrons. The Morgan fingerprint density at radius 3 is 2.53 bits per heavy atom. The summed E-state index contributed by atoms with van der Waals surface area (Å²) in [6, 6.07) is 3.21. The molecule has 1 heterocycles. The molecular formula is C12H10BrF2NO. The van der Waals surface area contributed by atoms with E-state index in [2.05, 4.69) is 15.9 Å². The molecule has 2 nitrogen and oxygen atoms in total. The maximum atomic E-state index is 13.6. The molecule has 1 unspecified atom stereocenters. The van der Waals surface area contributed by atoms with Crippen molar-refractivity contribution in [1.29, 1.82) is 0 Å². The molecule has 1 aromatic heterocycles. The van der Waals surface area contributed by atoms with Gasteiger partial charge in [-0.05, 0) is 40.5 Å². The van der Waals surface area contributed by atoms with Crippen LogP contribution in [-0.2, 0) is 0 Å². The second-order valence-electron chi connectivity index (χ2n) is 3.75. The second kappa shape index (κ2) is 4.58. The van der Waals surface area contributed by atoms with E-state index in [-0.39, 0.29) is 5.56 Å². The standard InChI is InChI=1S/C12H10BrF2NO/c1-6-4-8(10(15)5-9(6)14)11(16)7-2-3-17-12(7)13/h2-5,11H,16H2,1H3. The normalized spacial score (nSPS) is 12.8. The minimum absolute atomic E-state index is 0.242. The monoisotopic (exact) mass is 301 g/mol. The van der Waals surface area contributed by atoms with Gasteiger partial charge in [-0.25, -0.2) is 8.78 Å². The molecule has 0 aliphatic carbocycles. The van der Waals surface area contributed by atoms with Crippen LogP contribution in [0.2, 0.25) is 0 Å². The van der Waals surface area contributed by atoms with Crippen LogP contribution in [0.4, 0.5) is 8.78 Å². The third-order valence-corrected chi connectivity index (χ3v) is 3.24. The summed E-state index contributed by atoms with van der Waals surface area (Å²) in [4.78, 5) is 0. The van der Waals surface area contributed by atoms with Crippen LogP contribution in [0.3, 0.4) is 0 Å². The Hall–Kier alpha value is -1.20. The lowest BCUT2D eigenvalue weighted by Gasteiger charge is -2.13. The highest BCUT2D eigenvalue weighted by atomic mass is 79.9. The average Bonchev–Trinajstić information content (AvgIpc) is 2.69. The number of halogens is 3. The highest BCUT2D eigenvalue weighted by Gasteiger charge is 2.19. The zero-order valence-corrected chi connectivity index (χ0v) is 10.6. The maximum Gasteiger partial charge on any atom is 0.174 e. The van der Waals surface area contributed by atoms with E-state index >= 15 is 0 Å². The van der Waals surface area contributed by atoms with E-state index in [0.29, 0.717) is 15.8 Å². The minimum Gasteiger partial charge on any atom is -0.457 e. The summed E-state index contributed by atoms with van der Waals surface area (Å²) in [5, 5.41) is 0. The van der Waals surface area contributed by atoms with Crippen molar-refractivity contribution in [2.45, 2.75) is 13.0 Å². The van der Waals surface area contributed by atoms with Crippen LogP contribution >= 0.6 is 15.9 Å². The zero-order valence-electron chi connectivity index (χ0n) is 9.01. The summed E-state index contributed by atoms with van der Waals surface area (Å²) in [6.07, 6.45) is 1.45. The molecule has 0 fully saturated rings. The Balaban J connectivity index is 2.48. The van der Waals surface area contributed by atoms with Crippen molar-refractivity contribution in [3.05, 3.63) is 57.5 Å². The number of aryl methyl sites for hydroxylation is 1. The van der Waals surface area contributed by atoms with Gasteiger partial charge in [0.05, 0.1) is 12.3 Å². The summed E-state index contributed by atoms with van der Waals surface area (Å²) in [5.41, 5.74) is 7.15. The largest absolute Gasteiger partial charge is 0.457 e. The van der Waals surface area contributed by atoms with Gasteiger partial charge in [0, 0.05) is 17.2 Å². The number of furan rings is 1. The van der Waals surface area contributed by atoms with Crippen LogP contribution < -0.4 is 5.73 Å². The molecule has 2 aromatic rings. The molecule has 17 heavy (non-hydrogen) atoms. The van der Waals surface area contributed by atoms with Gasteiger partial charge in [0.2, 0.25) is 0 Å². The van der Waals surface area contributed by atoms with Crippen LogP contribution in [0.1, 0.15) is 22.7 Å². The lowest BCUT2D eigenvalue weighted by atomic mass is 9.99. The Morgan fingerprint density at radius 2 is 1.94 bits per heavy atom. The number of hydrogen-bond donors (Lipinski definition) is 1. The lowest BCUT2D eigenvalue weighted by Crippen LogP contribution is -2.14. The number of rotatable bonds is 2. The Kier molecular flexibility index (Phi) is 3.31. The third-order valence-electron chi connectivity index (χ3n) is 2.59. The van der Waals surface area contributed by atoms with Crippen molar-refractivity contribution in [3.8, 4) is 0 Å². The van der Waals surface area contributed by atoms with E-state index in [4.69, 9.17) is 10.2 Å². The molecule has 0 aliphatic rings. The first kappa shape index (κ1) is 12.3. The predicted molar refractivity (Wildman–Crippen MR) is 63.5 cm³/mol. The molecule has 0 radical (unpaired) electrons. The van der Waals surface area contributed by atoms with Gasteiger partial charge in [0.15, 0.2) is 4.67 Å². The molecule has 1 aromatic carbocycles. The minimum atomic E-state index is -0.692. The molecule has 5 heteroatoms. The van der Waals surface area contributed by atoms with Gasteiger partial charge in [-0.15, -0.1) is 0 Å². The van der Waals surface area contributed by atoms with E-state index in [0.717, 1.165) is 6.07 Å². The molecule has 1 atom stereocenters. The van der Waals surface area contributed by atoms with E-state index in [1.807, 2.05) is 0 Å². The first-order valence-corrected chi connectivity index (χ1v) is 5.74. The summed E-state index contributed by atoms with van der Waals surface area (Å²) in [7, 11) is 0. The smallest absolute Gasteiger partial charge is 0.174 e. The molecular weight excluding hydrogens is 292 g/mol. The van der Waals surface area contributed by atoms with E-state index < -0.39 is 17.7 Å². The van der Waals surface area contributed by atoms with Crippen LogP contribution in [-0.4, -0.2) is 0 Å². The number of benzene rings is 1. The van der Waals surface area contributed by atoms with Crippen LogP contribution in [0, 0.1) is 18.6 Å². The molecule has 0 saturated heterocycles. The molecule has 0 bridgehead atoms. The summed E-state index contributed by atoms with van der Waals surface area (Å²) in [5.74, 6) is -1.24. The SMILES string of the molecule is Cc1cc(C(N)c2ccoc2Br)c(F)cc1F. The first-order valence-electron chi connectivity index (χ1n) is 4.94. The summed E-state index contributed by atoms with van der Waals surface area (Å²) < 4.78 is 32.3. The van der Waals surface area contributed by atoms with Gasteiger partial charge in [0.25, 0.3) is 0 Å². The topological polar surface area (TPSA) is 39.2 Å². The lowest BCUT2D eigenvalue weighted by molar-refractivity contribution is 0.531.